The number of carbonyl (C=O) groups excluding carboxylic acids is 1. The van der Waals surface area contributed by atoms with Gasteiger partial charge in [0.05, 0.1) is 18.0 Å². The van der Waals surface area contributed by atoms with Crippen molar-refractivity contribution in [3.8, 4) is 17.1 Å². The largest absolute Gasteiger partial charge is 0.493 e. The number of benzene rings is 1. The van der Waals surface area contributed by atoms with Crippen LogP contribution in [0.1, 0.15) is 36.8 Å². The standard InChI is InChI=1S/C26H29N5O3/c1-17-13-19(25(33)31(2)3)14-18-5-6-20(15-22(17)18)29-26-28-10-8-23(30-26)24-16-21(7-9-27-24)34-12-4-11-32/h5-10,14-17,32H,4,11-13H2,1-3H3,(H,28,29,30). The summed E-state index contributed by atoms with van der Waals surface area (Å²) in [6, 6.07) is 11.5. The molecule has 1 amide bonds. The Morgan fingerprint density at radius 2 is 1.97 bits per heavy atom. The van der Waals surface area contributed by atoms with E-state index in [1.165, 1.54) is 5.56 Å². The molecule has 1 atom stereocenters. The first-order chi connectivity index (χ1) is 16.4. The smallest absolute Gasteiger partial charge is 0.249 e. The molecule has 0 bridgehead atoms. The molecule has 2 aromatic heterocycles. The highest BCUT2D eigenvalue weighted by Crippen LogP contribution is 2.36. The van der Waals surface area contributed by atoms with Crippen molar-refractivity contribution in [2.75, 3.05) is 32.6 Å². The molecule has 4 rings (SSSR count). The molecule has 1 aromatic carbocycles. The summed E-state index contributed by atoms with van der Waals surface area (Å²) in [5.74, 6) is 1.43. The van der Waals surface area contributed by atoms with Crippen molar-refractivity contribution in [3.05, 3.63) is 65.5 Å². The average Bonchev–Trinajstić information content (AvgIpc) is 2.84. The number of amides is 1. The number of likely N-dealkylation sites (N-methyl/N-ethyl adjacent to an activating group) is 1. The first-order valence-electron chi connectivity index (χ1n) is 11.3. The summed E-state index contributed by atoms with van der Waals surface area (Å²) in [4.78, 5) is 27.4. The number of ether oxygens (including phenoxy) is 1. The van der Waals surface area contributed by atoms with Crippen molar-refractivity contribution in [1.29, 1.82) is 0 Å². The van der Waals surface area contributed by atoms with Crippen LogP contribution in [-0.2, 0) is 4.79 Å². The zero-order valence-corrected chi connectivity index (χ0v) is 19.7. The van der Waals surface area contributed by atoms with E-state index in [4.69, 9.17) is 9.84 Å². The normalized spacial score (nSPS) is 14.7. The number of aliphatic hydroxyl groups is 1. The first kappa shape index (κ1) is 23.4. The number of nitrogens with one attached hydrogen (secondary N) is 1. The van der Waals surface area contributed by atoms with E-state index in [1.54, 1.807) is 43.5 Å². The van der Waals surface area contributed by atoms with E-state index >= 15 is 0 Å². The topological polar surface area (TPSA) is 100 Å². The number of carbonyl (C=O) groups is 1. The fourth-order valence-corrected chi connectivity index (χ4v) is 3.92. The minimum atomic E-state index is 0.0568. The number of hydrogen-bond acceptors (Lipinski definition) is 7. The van der Waals surface area contributed by atoms with Crippen molar-refractivity contribution >= 4 is 23.6 Å². The maximum atomic E-state index is 12.4. The summed E-state index contributed by atoms with van der Waals surface area (Å²) in [5.41, 5.74) is 5.31. The van der Waals surface area contributed by atoms with Gasteiger partial charge in [0.15, 0.2) is 0 Å². The van der Waals surface area contributed by atoms with Crippen molar-refractivity contribution in [3.63, 3.8) is 0 Å². The third kappa shape index (κ3) is 5.40. The van der Waals surface area contributed by atoms with Crippen molar-refractivity contribution in [2.45, 2.75) is 25.7 Å². The second-order valence-electron chi connectivity index (χ2n) is 8.51. The number of hydrogen-bond donors (Lipinski definition) is 2. The molecule has 0 spiro atoms. The Bertz CT molecular complexity index is 1210. The predicted molar refractivity (Wildman–Crippen MR) is 132 cm³/mol. The second kappa shape index (κ2) is 10.4. The monoisotopic (exact) mass is 459 g/mol. The lowest BCUT2D eigenvalue weighted by atomic mass is 9.83. The molecule has 0 radical (unpaired) electrons. The van der Waals surface area contributed by atoms with Gasteiger partial charge in [-0.25, -0.2) is 9.97 Å². The van der Waals surface area contributed by atoms with Gasteiger partial charge in [0.25, 0.3) is 0 Å². The molecule has 2 heterocycles. The van der Waals surface area contributed by atoms with Gasteiger partial charge in [-0.2, -0.15) is 0 Å². The number of fused-ring (bicyclic) bond motifs is 1. The Labute approximate surface area is 199 Å². The van der Waals surface area contributed by atoms with Crippen LogP contribution in [0.15, 0.2) is 54.4 Å². The van der Waals surface area contributed by atoms with E-state index in [2.05, 4.69) is 33.3 Å². The summed E-state index contributed by atoms with van der Waals surface area (Å²) >= 11 is 0. The molecule has 3 aromatic rings. The Morgan fingerprint density at radius 3 is 2.76 bits per heavy atom. The number of pyridine rings is 1. The zero-order valence-electron chi connectivity index (χ0n) is 19.7. The molecule has 1 aliphatic rings. The molecule has 34 heavy (non-hydrogen) atoms. The third-order valence-corrected chi connectivity index (χ3v) is 5.63. The molecule has 176 valence electrons. The van der Waals surface area contributed by atoms with Crippen LogP contribution < -0.4 is 10.1 Å². The highest BCUT2D eigenvalue weighted by atomic mass is 16.5. The summed E-state index contributed by atoms with van der Waals surface area (Å²) in [6.07, 6.45) is 6.63. The van der Waals surface area contributed by atoms with Crippen LogP contribution in [-0.4, -0.2) is 58.2 Å². The lowest BCUT2D eigenvalue weighted by Crippen LogP contribution is -2.25. The predicted octanol–water partition coefficient (Wildman–Crippen LogP) is 4.02. The summed E-state index contributed by atoms with van der Waals surface area (Å²) in [5, 5.41) is 12.2. The van der Waals surface area contributed by atoms with Gasteiger partial charge < -0.3 is 20.1 Å². The Hall–Kier alpha value is -3.78. The molecular weight excluding hydrogens is 430 g/mol. The number of nitrogens with zero attached hydrogens (tertiary/aromatic N) is 4. The minimum Gasteiger partial charge on any atom is -0.493 e. The fraction of sp³-hybridized carbons (Fsp3) is 0.308. The Balaban J connectivity index is 1.53. The highest BCUT2D eigenvalue weighted by Gasteiger charge is 2.23. The summed E-state index contributed by atoms with van der Waals surface area (Å²) in [6.45, 7) is 2.66. The van der Waals surface area contributed by atoms with Gasteiger partial charge in [0, 0.05) is 56.8 Å². The van der Waals surface area contributed by atoms with Gasteiger partial charge in [0.1, 0.15) is 5.75 Å². The number of anilines is 2. The van der Waals surface area contributed by atoms with Crippen LogP contribution in [0, 0.1) is 0 Å². The fourth-order valence-electron chi connectivity index (χ4n) is 3.92. The van der Waals surface area contributed by atoms with E-state index in [-0.39, 0.29) is 18.4 Å². The van der Waals surface area contributed by atoms with Gasteiger partial charge in [-0.15, -0.1) is 0 Å². The number of rotatable bonds is 8. The van der Waals surface area contributed by atoms with Crippen molar-refractivity contribution in [1.82, 2.24) is 19.9 Å². The Morgan fingerprint density at radius 1 is 1.15 bits per heavy atom. The lowest BCUT2D eigenvalue weighted by molar-refractivity contribution is -0.124. The molecule has 0 saturated heterocycles. The molecule has 0 aliphatic heterocycles. The van der Waals surface area contributed by atoms with Crippen LogP contribution in [0.25, 0.3) is 17.5 Å². The van der Waals surface area contributed by atoms with Crippen LogP contribution in [0.5, 0.6) is 5.75 Å². The Kier molecular flexibility index (Phi) is 7.18. The van der Waals surface area contributed by atoms with Crippen LogP contribution >= 0.6 is 0 Å². The van der Waals surface area contributed by atoms with E-state index in [0.29, 0.717) is 42.5 Å². The molecule has 0 saturated carbocycles. The molecule has 2 N–H and O–H groups in total. The number of aliphatic hydroxyl groups excluding tert-OH is 1. The van der Waals surface area contributed by atoms with Gasteiger partial charge in [-0.1, -0.05) is 13.0 Å². The molecule has 8 heteroatoms. The van der Waals surface area contributed by atoms with Crippen LogP contribution in [0.2, 0.25) is 0 Å². The number of aromatic nitrogens is 3. The molecular formula is C26H29N5O3. The maximum absolute atomic E-state index is 12.4. The van der Waals surface area contributed by atoms with Gasteiger partial charge in [-0.3, -0.25) is 9.78 Å². The third-order valence-electron chi connectivity index (χ3n) is 5.63. The summed E-state index contributed by atoms with van der Waals surface area (Å²) in [7, 11) is 3.56. The second-order valence-corrected chi connectivity index (χ2v) is 8.51. The molecule has 1 unspecified atom stereocenters. The highest BCUT2D eigenvalue weighted by molar-refractivity contribution is 5.98. The van der Waals surface area contributed by atoms with Gasteiger partial charge in [-0.05, 0) is 53.8 Å². The van der Waals surface area contributed by atoms with Crippen molar-refractivity contribution < 1.29 is 14.6 Å². The maximum Gasteiger partial charge on any atom is 0.249 e. The minimum absolute atomic E-state index is 0.0568. The van der Waals surface area contributed by atoms with Gasteiger partial charge >= 0.3 is 0 Å². The lowest BCUT2D eigenvalue weighted by Gasteiger charge is -2.24. The van der Waals surface area contributed by atoms with Crippen LogP contribution in [0.3, 0.4) is 0 Å². The van der Waals surface area contributed by atoms with Crippen molar-refractivity contribution in [2.24, 2.45) is 0 Å². The molecule has 1 aliphatic carbocycles. The van der Waals surface area contributed by atoms with E-state index in [9.17, 15) is 4.79 Å². The van der Waals surface area contributed by atoms with E-state index in [0.717, 1.165) is 16.8 Å². The van der Waals surface area contributed by atoms with Crippen LogP contribution in [0.4, 0.5) is 11.6 Å². The first-order valence-corrected chi connectivity index (χ1v) is 11.3. The molecule has 8 nitrogen and oxygen atoms in total. The van der Waals surface area contributed by atoms with Gasteiger partial charge in [0.2, 0.25) is 11.9 Å². The zero-order chi connectivity index (χ0) is 24.1. The summed E-state index contributed by atoms with van der Waals surface area (Å²) < 4.78 is 5.65. The SMILES string of the molecule is CC1CC(C(=O)N(C)C)=Cc2ccc(Nc3nccc(-c4cc(OCCCO)ccn4)n3)cc21. The molecule has 0 fully saturated rings. The average molecular weight is 460 g/mol. The van der Waals surface area contributed by atoms with E-state index in [1.807, 2.05) is 24.3 Å². The van der Waals surface area contributed by atoms with E-state index < -0.39 is 0 Å². The quantitative estimate of drug-likeness (QED) is 0.491.